The molecule has 10 heteroatoms. The summed E-state index contributed by atoms with van der Waals surface area (Å²) in [5, 5.41) is 11.7. The molecule has 0 unspecified atom stereocenters. The summed E-state index contributed by atoms with van der Waals surface area (Å²) < 4.78 is 5.66. The lowest BCUT2D eigenvalue weighted by atomic mass is 10.3. The van der Waals surface area contributed by atoms with Crippen molar-refractivity contribution in [2.75, 3.05) is 12.4 Å². The summed E-state index contributed by atoms with van der Waals surface area (Å²) in [5.41, 5.74) is 5.41. The van der Waals surface area contributed by atoms with E-state index in [2.05, 4.69) is 20.4 Å². The minimum absolute atomic E-state index is 0.000696. The maximum absolute atomic E-state index is 11.8. The van der Waals surface area contributed by atoms with E-state index >= 15 is 0 Å². The van der Waals surface area contributed by atoms with E-state index in [9.17, 15) is 14.4 Å². The number of nitrogens with one attached hydrogen (secondary N) is 1. The molecule has 0 aromatic carbocycles. The Kier molecular flexibility index (Phi) is 4.28. The first-order chi connectivity index (χ1) is 10.0. The summed E-state index contributed by atoms with van der Waals surface area (Å²) in [6.45, 7) is -0.167. The van der Waals surface area contributed by atoms with Gasteiger partial charge < -0.3 is 15.8 Å². The van der Waals surface area contributed by atoms with Crippen LogP contribution < -0.4 is 11.1 Å². The number of nitrogens with two attached hydrogens (primary N) is 1. The number of anilines is 1. The Morgan fingerprint density at radius 1 is 1.48 bits per heavy atom. The van der Waals surface area contributed by atoms with Crippen LogP contribution >= 0.6 is 11.3 Å². The number of methoxy groups -OCH3 is 1. The molecule has 2 rings (SSSR count). The highest BCUT2D eigenvalue weighted by Gasteiger charge is 2.15. The quantitative estimate of drug-likeness (QED) is 0.740. The fraction of sp³-hybridized carbons (Fsp3) is 0.182. The Bertz CT molecular complexity index is 692. The standard InChI is InChI=1S/C11H11N5O4S/c1-20-11(19)7-4-16(15-14-7)5-8(17)13-10-6(9(12)18)2-3-21-10/h2-4H,5H2,1H3,(H2,12,18)(H,13,17). The van der Waals surface area contributed by atoms with Crippen LogP contribution in [0.1, 0.15) is 20.8 Å². The molecule has 2 aromatic rings. The molecular formula is C11H11N5O4S. The van der Waals surface area contributed by atoms with Crippen molar-refractivity contribution >= 4 is 34.1 Å². The SMILES string of the molecule is COC(=O)c1cn(CC(=O)Nc2sccc2C(N)=O)nn1. The average Bonchev–Trinajstić information content (AvgIpc) is 3.07. The lowest BCUT2D eigenvalue weighted by Gasteiger charge is -2.04. The van der Waals surface area contributed by atoms with Gasteiger partial charge in [-0.25, -0.2) is 9.48 Å². The molecule has 0 fully saturated rings. The molecule has 0 saturated heterocycles. The van der Waals surface area contributed by atoms with Crippen LogP contribution in [0, 0.1) is 0 Å². The maximum Gasteiger partial charge on any atom is 0.360 e. The highest BCUT2D eigenvalue weighted by atomic mass is 32.1. The molecular weight excluding hydrogens is 298 g/mol. The van der Waals surface area contributed by atoms with Crippen LogP contribution in [0.25, 0.3) is 0 Å². The van der Waals surface area contributed by atoms with Crippen LogP contribution in [0.2, 0.25) is 0 Å². The van der Waals surface area contributed by atoms with E-state index in [-0.39, 0.29) is 17.8 Å². The number of rotatable bonds is 5. The lowest BCUT2D eigenvalue weighted by molar-refractivity contribution is -0.116. The van der Waals surface area contributed by atoms with Crippen LogP contribution in [0.5, 0.6) is 0 Å². The molecule has 3 N–H and O–H groups in total. The van der Waals surface area contributed by atoms with Gasteiger partial charge in [0.05, 0.1) is 18.9 Å². The van der Waals surface area contributed by atoms with Crippen molar-refractivity contribution in [2.45, 2.75) is 6.54 Å². The monoisotopic (exact) mass is 309 g/mol. The van der Waals surface area contributed by atoms with Gasteiger partial charge in [-0.15, -0.1) is 16.4 Å². The highest BCUT2D eigenvalue weighted by Crippen LogP contribution is 2.22. The van der Waals surface area contributed by atoms with Crippen molar-refractivity contribution < 1.29 is 19.1 Å². The van der Waals surface area contributed by atoms with Crippen LogP contribution in [-0.2, 0) is 16.1 Å². The molecule has 2 heterocycles. The van der Waals surface area contributed by atoms with Gasteiger partial charge in [-0.05, 0) is 11.4 Å². The number of thiophene rings is 1. The molecule has 0 aliphatic carbocycles. The summed E-state index contributed by atoms with van der Waals surface area (Å²) in [6.07, 6.45) is 1.29. The summed E-state index contributed by atoms with van der Waals surface area (Å²) in [4.78, 5) is 34.2. The van der Waals surface area contributed by atoms with Gasteiger partial charge in [0.2, 0.25) is 5.91 Å². The predicted molar refractivity (Wildman–Crippen MR) is 72.8 cm³/mol. The Morgan fingerprint density at radius 3 is 2.90 bits per heavy atom. The molecule has 0 atom stereocenters. The van der Waals surface area contributed by atoms with Gasteiger partial charge in [0.1, 0.15) is 11.5 Å². The number of carbonyl (C=O) groups is 3. The van der Waals surface area contributed by atoms with Crippen molar-refractivity contribution in [3.8, 4) is 0 Å². The van der Waals surface area contributed by atoms with Gasteiger partial charge in [0.25, 0.3) is 5.91 Å². The molecule has 0 bridgehead atoms. The molecule has 0 aliphatic rings. The molecule has 2 amide bonds. The smallest absolute Gasteiger partial charge is 0.360 e. The largest absolute Gasteiger partial charge is 0.464 e. The Morgan fingerprint density at radius 2 is 2.24 bits per heavy atom. The Balaban J connectivity index is 2.02. The number of amides is 2. The Labute approximate surface area is 122 Å². The average molecular weight is 309 g/mol. The molecule has 2 aromatic heterocycles. The number of nitrogens with zero attached hydrogens (tertiary/aromatic N) is 3. The van der Waals surface area contributed by atoms with Gasteiger partial charge in [-0.2, -0.15) is 0 Å². The predicted octanol–water partition coefficient (Wildman–Crippen LogP) is -0.136. The molecule has 21 heavy (non-hydrogen) atoms. The second-order valence-corrected chi connectivity index (χ2v) is 4.78. The van der Waals surface area contributed by atoms with E-state index in [4.69, 9.17) is 5.73 Å². The van der Waals surface area contributed by atoms with Crippen molar-refractivity contribution in [3.05, 3.63) is 28.9 Å². The number of hydrogen-bond donors (Lipinski definition) is 2. The van der Waals surface area contributed by atoms with Crippen molar-refractivity contribution in [3.63, 3.8) is 0 Å². The third-order valence-corrected chi connectivity index (χ3v) is 3.25. The van der Waals surface area contributed by atoms with Crippen LogP contribution in [0.3, 0.4) is 0 Å². The first kappa shape index (κ1) is 14.7. The minimum Gasteiger partial charge on any atom is -0.464 e. The second kappa shape index (κ2) is 6.13. The van der Waals surface area contributed by atoms with Gasteiger partial charge in [-0.1, -0.05) is 5.21 Å². The maximum atomic E-state index is 11.8. The molecule has 0 radical (unpaired) electrons. The zero-order valence-corrected chi connectivity index (χ0v) is 11.7. The number of esters is 1. The third kappa shape index (κ3) is 3.42. The molecule has 0 aliphatic heterocycles. The van der Waals surface area contributed by atoms with E-state index < -0.39 is 17.8 Å². The fourth-order valence-electron chi connectivity index (χ4n) is 1.49. The van der Waals surface area contributed by atoms with Crippen LogP contribution in [-0.4, -0.2) is 39.9 Å². The molecule has 0 saturated carbocycles. The van der Waals surface area contributed by atoms with E-state index in [1.807, 2.05) is 0 Å². The lowest BCUT2D eigenvalue weighted by Crippen LogP contribution is -2.21. The molecule has 0 spiro atoms. The van der Waals surface area contributed by atoms with Crippen molar-refractivity contribution in [2.24, 2.45) is 5.73 Å². The van der Waals surface area contributed by atoms with Gasteiger partial charge in [-0.3, -0.25) is 9.59 Å². The van der Waals surface area contributed by atoms with Crippen LogP contribution in [0.4, 0.5) is 5.00 Å². The summed E-state index contributed by atoms with van der Waals surface area (Å²) in [7, 11) is 1.22. The first-order valence-corrected chi connectivity index (χ1v) is 6.55. The normalized spacial score (nSPS) is 10.1. The number of hydrogen-bond acceptors (Lipinski definition) is 7. The van der Waals surface area contributed by atoms with Crippen LogP contribution in [0.15, 0.2) is 17.6 Å². The topological polar surface area (TPSA) is 129 Å². The number of carbonyl (C=O) groups excluding carboxylic acids is 3. The molecule has 9 nitrogen and oxygen atoms in total. The zero-order valence-electron chi connectivity index (χ0n) is 10.9. The van der Waals surface area contributed by atoms with Crippen molar-refractivity contribution in [1.82, 2.24) is 15.0 Å². The van der Waals surface area contributed by atoms with E-state index in [0.29, 0.717) is 5.00 Å². The highest BCUT2D eigenvalue weighted by molar-refractivity contribution is 7.14. The number of ether oxygens (including phenoxy) is 1. The summed E-state index contributed by atoms with van der Waals surface area (Å²) in [6, 6.07) is 1.52. The van der Waals surface area contributed by atoms with Gasteiger partial charge in [0, 0.05) is 0 Å². The van der Waals surface area contributed by atoms with E-state index in [0.717, 1.165) is 0 Å². The Hall–Kier alpha value is -2.75. The van der Waals surface area contributed by atoms with Gasteiger partial charge in [0.15, 0.2) is 5.69 Å². The molecule has 110 valence electrons. The van der Waals surface area contributed by atoms with E-state index in [1.54, 1.807) is 5.38 Å². The first-order valence-electron chi connectivity index (χ1n) is 5.67. The fourth-order valence-corrected chi connectivity index (χ4v) is 2.30. The van der Waals surface area contributed by atoms with Gasteiger partial charge >= 0.3 is 5.97 Å². The van der Waals surface area contributed by atoms with Crippen molar-refractivity contribution in [1.29, 1.82) is 0 Å². The summed E-state index contributed by atoms with van der Waals surface area (Å²) in [5.74, 6) is -1.70. The second-order valence-electron chi connectivity index (χ2n) is 3.87. The number of aromatic nitrogens is 3. The van der Waals surface area contributed by atoms with E-state index in [1.165, 1.54) is 35.4 Å². The third-order valence-electron chi connectivity index (χ3n) is 2.42. The minimum atomic E-state index is -0.643. The summed E-state index contributed by atoms with van der Waals surface area (Å²) >= 11 is 1.18. The number of primary amides is 1. The zero-order chi connectivity index (χ0) is 15.4.